The maximum Gasteiger partial charge on any atom is 0.573 e. The lowest BCUT2D eigenvalue weighted by atomic mass is 10.3. The molecule has 2 nitrogen and oxygen atoms in total. The third kappa shape index (κ3) is 2.91. The van der Waals surface area contributed by atoms with Crippen molar-refractivity contribution in [3.05, 3.63) is 20.2 Å². The fraction of sp³-hybridized carbons (Fsp3) is 0.143. The highest BCUT2D eigenvalue weighted by Gasteiger charge is 2.33. The predicted octanol–water partition coefficient (Wildman–Crippen LogP) is 3.53. The van der Waals surface area contributed by atoms with E-state index in [1.54, 1.807) is 28.7 Å². The molecule has 0 unspecified atom stereocenters. The van der Waals surface area contributed by atoms with Crippen molar-refractivity contribution >= 4 is 44.2 Å². The van der Waals surface area contributed by atoms with Crippen LogP contribution >= 0.6 is 38.5 Å². The number of benzene rings is 1. The van der Waals surface area contributed by atoms with Gasteiger partial charge < -0.3 is 10.5 Å². The molecule has 0 atom stereocenters. The SMILES string of the molecule is Nc1ccc(Br)c(I)c1OC(F)(F)F. The third-order valence-electron chi connectivity index (χ3n) is 1.30. The Labute approximate surface area is 99.9 Å². The molecule has 0 spiro atoms. The summed E-state index contributed by atoms with van der Waals surface area (Å²) in [6, 6.07) is 2.90. The van der Waals surface area contributed by atoms with Crippen molar-refractivity contribution in [1.29, 1.82) is 0 Å². The van der Waals surface area contributed by atoms with Crippen molar-refractivity contribution in [2.45, 2.75) is 6.36 Å². The van der Waals surface area contributed by atoms with E-state index in [9.17, 15) is 13.2 Å². The molecule has 0 aliphatic carbocycles. The fourth-order valence-corrected chi connectivity index (χ4v) is 1.68. The summed E-state index contributed by atoms with van der Waals surface area (Å²) in [6.07, 6.45) is -4.73. The molecular weight excluding hydrogens is 378 g/mol. The number of hydrogen-bond acceptors (Lipinski definition) is 2. The van der Waals surface area contributed by atoms with Crippen LogP contribution in [0.5, 0.6) is 5.75 Å². The van der Waals surface area contributed by atoms with Crippen LogP contribution in [0.2, 0.25) is 0 Å². The van der Waals surface area contributed by atoms with Crippen LogP contribution in [0.4, 0.5) is 18.9 Å². The van der Waals surface area contributed by atoms with Crippen LogP contribution in [0.3, 0.4) is 0 Å². The maximum atomic E-state index is 11.9. The average molecular weight is 382 g/mol. The second-order valence-electron chi connectivity index (χ2n) is 2.33. The first-order chi connectivity index (χ1) is 6.31. The molecule has 78 valence electrons. The number of nitrogen functional groups attached to an aromatic ring is 1. The molecule has 2 N–H and O–H groups in total. The van der Waals surface area contributed by atoms with Crippen LogP contribution in [0.1, 0.15) is 0 Å². The fourth-order valence-electron chi connectivity index (χ4n) is 0.766. The Morgan fingerprint density at radius 1 is 1.36 bits per heavy atom. The number of ether oxygens (including phenoxy) is 1. The van der Waals surface area contributed by atoms with Gasteiger partial charge in [0.1, 0.15) is 0 Å². The zero-order chi connectivity index (χ0) is 10.9. The van der Waals surface area contributed by atoms with E-state index in [2.05, 4.69) is 20.7 Å². The van der Waals surface area contributed by atoms with Crippen molar-refractivity contribution in [3.63, 3.8) is 0 Å². The molecule has 7 heteroatoms. The van der Waals surface area contributed by atoms with Gasteiger partial charge in [-0.1, -0.05) is 0 Å². The van der Waals surface area contributed by atoms with Crippen LogP contribution < -0.4 is 10.5 Å². The van der Waals surface area contributed by atoms with Gasteiger partial charge in [-0.2, -0.15) is 0 Å². The maximum absolute atomic E-state index is 11.9. The molecule has 0 amide bonds. The molecule has 0 aliphatic heterocycles. The van der Waals surface area contributed by atoms with Crippen LogP contribution in [0.25, 0.3) is 0 Å². The van der Waals surface area contributed by atoms with E-state index in [0.717, 1.165) is 0 Å². The first kappa shape index (κ1) is 11.9. The van der Waals surface area contributed by atoms with Crippen LogP contribution in [0.15, 0.2) is 16.6 Å². The molecule has 0 heterocycles. The van der Waals surface area contributed by atoms with Gasteiger partial charge in [0.15, 0.2) is 5.75 Å². The van der Waals surface area contributed by atoms with Gasteiger partial charge in [-0.25, -0.2) is 0 Å². The molecule has 0 bridgehead atoms. The number of anilines is 1. The summed E-state index contributed by atoms with van der Waals surface area (Å²) in [7, 11) is 0. The van der Waals surface area contributed by atoms with Crippen molar-refractivity contribution in [2.75, 3.05) is 5.73 Å². The zero-order valence-corrected chi connectivity index (χ0v) is 10.3. The minimum Gasteiger partial charge on any atom is -0.402 e. The number of alkyl halides is 3. The van der Waals surface area contributed by atoms with Gasteiger partial charge in [-0.3, -0.25) is 0 Å². The molecule has 1 rings (SSSR count). The molecule has 0 fully saturated rings. The van der Waals surface area contributed by atoms with Crippen molar-refractivity contribution in [1.82, 2.24) is 0 Å². The molecule has 1 aromatic carbocycles. The number of nitrogens with two attached hydrogens (primary N) is 1. The Kier molecular flexibility index (Phi) is 3.51. The van der Waals surface area contributed by atoms with E-state index in [1.807, 2.05) is 0 Å². The molecular formula is C7H4BrF3INO. The summed E-state index contributed by atoms with van der Waals surface area (Å²) in [5.41, 5.74) is 5.30. The van der Waals surface area contributed by atoms with Gasteiger partial charge in [-0.05, 0) is 50.7 Å². The van der Waals surface area contributed by atoms with E-state index >= 15 is 0 Å². The van der Waals surface area contributed by atoms with Gasteiger partial charge >= 0.3 is 6.36 Å². The molecule has 0 aromatic heterocycles. The summed E-state index contributed by atoms with van der Waals surface area (Å²) in [5.74, 6) is -0.368. The van der Waals surface area contributed by atoms with Gasteiger partial charge in [0.2, 0.25) is 0 Å². The number of rotatable bonds is 1. The summed E-state index contributed by atoms with van der Waals surface area (Å²) in [4.78, 5) is 0. The topological polar surface area (TPSA) is 35.2 Å². The second-order valence-corrected chi connectivity index (χ2v) is 4.26. The van der Waals surface area contributed by atoms with Crippen molar-refractivity contribution in [2.24, 2.45) is 0 Å². The molecule has 0 radical (unpaired) electrons. The Bertz CT molecular complexity index is 356. The lowest BCUT2D eigenvalue weighted by Gasteiger charge is -2.13. The Morgan fingerprint density at radius 3 is 2.43 bits per heavy atom. The molecule has 0 saturated heterocycles. The average Bonchev–Trinajstić information content (AvgIpc) is 2.04. The number of hydrogen-bond donors (Lipinski definition) is 1. The highest BCUT2D eigenvalue weighted by Crippen LogP contribution is 2.36. The van der Waals surface area contributed by atoms with E-state index in [-0.39, 0.29) is 11.4 Å². The lowest BCUT2D eigenvalue weighted by molar-refractivity contribution is -0.274. The Morgan fingerprint density at radius 2 is 1.93 bits per heavy atom. The summed E-state index contributed by atoms with van der Waals surface area (Å²) in [5, 5.41) is 0. The van der Waals surface area contributed by atoms with Crippen LogP contribution in [-0.2, 0) is 0 Å². The van der Waals surface area contributed by atoms with Gasteiger partial charge in [0.05, 0.1) is 9.26 Å². The smallest absolute Gasteiger partial charge is 0.402 e. The highest BCUT2D eigenvalue weighted by molar-refractivity contribution is 14.1. The highest BCUT2D eigenvalue weighted by atomic mass is 127. The van der Waals surface area contributed by atoms with E-state index < -0.39 is 6.36 Å². The van der Waals surface area contributed by atoms with Gasteiger partial charge in [0, 0.05) is 4.47 Å². The molecule has 14 heavy (non-hydrogen) atoms. The van der Waals surface area contributed by atoms with E-state index in [1.165, 1.54) is 6.07 Å². The normalized spacial score (nSPS) is 11.5. The minimum atomic E-state index is -4.73. The zero-order valence-electron chi connectivity index (χ0n) is 6.53. The second kappa shape index (κ2) is 4.13. The minimum absolute atomic E-state index is 0.0464. The molecule has 0 aliphatic rings. The standard InChI is InChI=1S/C7H4BrF3INO/c8-3-1-2-4(13)6(5(3)12)14-7(9,10)11/h1-2H,13H2. The monoisotopic (exact) mass is 381 g/mol. The van der Waals surface area contributed by atoms with Crippen LogP contribution in [-0.4, -0.2) is 6.36 Å². The summed E-state index contributed by atoms with van der Waals surface area (Å²) >= 11 is 4.80. The van der Waals surface area contributed by atoms with Gasteiger partial charge in [-0.15, -0.1) is 13.2 Å². The molecule has 0 saturated carbocycles. The third-order valence-corrected chi connectivity index (χ3v) is 3.77. The van der Waals surface area contributed by atoms with Crippen LogP contribution in [0, 0.1) is 3.57 Å². The summed E-state index contributed by atoms with van der Waals surface area (Å²) < 4.78 is 40.4. The largest absolute Gasteiger partial charge is 0.573 e. The first-order valence-corrected chi connectivity index (χ1v) is 5.17. The lowest BCUT2D eigenvalue weighted by Crippen LogP contribution is -2.18. The Balaban J connectivity index is 3.13. The Hall–Kier alpha value is -0.180. The number of halogens is 5. The van der Waals surface area contributed by atoms with E-state index in [4.69, 9.17) is 5.73 Å². The van der Waals surface area contributed by atoms with Crippen molar-refractivity contribution in [3.8, 4) is 5.75 Å². The van der Waals surface area contributed by atoms with E-state index in [0.29, 0.717) is 8.04 Å². The first-order valence-electron chi connectivity index (χ1n) is 3.30. The summed E-state index contributed by atoms with van der Waals surface area (Å²) in [6.45, 7) is 0. The van der Waals surface area contributed by atoms with Gasteiger partial charge in [0.25, 0.3) is 0 Å². The quantitative estimate of drug-likeness (QED) is 0.596. The predicted molar refractivity (Wildman–Crippen MR) is 58.0 cm³/mol. The van der Waals surface area contributed by atoms with Crippen molar-refractivity contribution < 1.29 is 17.9 Å². The molecule has 1 aromatic rings.